The zero-order valence-electron chi connectivity index (χ0n) is 10.8. The van der Waals surface area contributed by atoms with Crippen LogP contribution in [0.2, 0.25) is 0 Å². The summed E-state index contributed by atoms with van der Waals surface area (Å²) in [6.45, 7) is 5.77. The Hall–Kier alpha value is -1.75. The number of aliphatic hydroxyl groups excluding tert-OH is 1. The van der Waals surface area contributed by atoms with Gasteiger partial charge in [-0.2, -0.15) is 4.98 Å². The fraction of sp³-hybridized carbons (Fsp3) is 0.462. The molecule has 0 aliphatic rings. The fourth-order valence-corrected chi connectivity index (χ4v) is 1.70. The molecule has 0 amide bonds. The predicted octanol–water partition coefficient (Wildman–Crippen LogP) is 2.31. The van der Waals surface area contributed by atoms with Crippen molar-refractivity contribution in [2.45, 2.75) is 39.2 Å². The Bertz CT molecular complexity index is 524. The Morgan fingerprint density at radius 1 is 1.44 bits per heavy atom. The minimum atomic E-state index is -0.469. The number of rotatable bonds is 4. The normalized spacial score (nSPS) is 14.4. The van der Waals surface area contributed by atoms with E-state index >= 15 is 0 Å². The molecular weight excluding hydrogens is 230 g/mol. The lowest BCUT2D eigenvalue weighted by Gasteiger charge is -2.11. The van der Waals surface area contributed by atoms with Crippen LogP contribution < -0.4 is 0 Å². The van der Waals surface area contributed by atoms with Crippen LogP contribution in [0.5, 0.6) is 0 Å². The number of hydrogen-bond donors (Lipinski definition) is 1. The van der Waals surface area contributed by atoms with Gasteiger partial charge in [0, 0.05) is 6.20 Å². The van der Waals surface area contributed by atoms with Gasteiger partial charge in [0.2, 0.25) is 11.7 Å². The van der Waals surface area contributed by atoms with Gasteiger partial charge in [-0.3, -0.25) is 4.98 Å². The molecule has 96 valence electrons. The van der Waals surface area contributed by atoms with Crippen molar-refractivity contribution in [1.82, 2.24) is 15.1 Å². The lowest BCUT2D eigenvalue weighted by atomic mass is 10.0. The second-order valence-corrected chi connectivity index (χ2v) is 4.44. The Balaban J connectivity index is 2.25. The average molecular weight is 247 g/mol. The maximum absolute atomic E-state index is 9.76. The molecule has 0 fully saturated rings. The van der Waals surface area contributed by atoms with Gasteiger partial charge in [-0.05, 0) is 31.0 Å². The molecule has 5 nitrogen and oxygen atoms in total. The lowest BCUT2D eigenvalue weighted by Crippen LogP contribution is -2.14. The summed E-state index contributed by atoms with van der Waals surface area (Å²) in [5.74, 6) is 0.743. The zero-order chi connectivity index (χ0) is 13.1. The van der Waals surface area contributed by atoms with E-state index in [1.165, 1.54) is 0 Å². The highest BCUT2D eigenvalue weighted by atomic mass is 16.5. The van der Waals surface area contributed by atoms with E-state index in [4.69, 9.17) is 4.52 Å². The van der Waals surface area contributed by atoms with Crippen molar-refractivity contribution < 1.29 is 9.63 Å². The van der Waals surface area contributed by atoms with Crippen LogP contribution in [0.3, 0.4) is 0 Å². The van der Waals surface area contributed by atoms with Crippen LogP contribution in [-0.4, -0.2) is 26.3 Å². The molecule has 0 aromatic carbocycles. The molecule has 2 rings (SSSR count). The molecule has 5 heteroatoms. The van der Waals surface area contributed by atoms with Crippen LogP contribution in [0.1, 0.15) is 37.6 Å². The van der Waals surface area contributed by atoms with E-state index in [1.807, 2.05) is 32.9 Å². The van der Waals surface area contributed by atoms with E-state index in [9.17, 15) is 5.11 Å². The first kappa shape index (κ1) is 12.7. The van der Waals surface area contributed by atoms with Crippen LogP contribution in [0.15, 0.2) is 22.9 Å². The highest BCUT2D eigenvalue weighted by Crippen LogP contribution is 2.22. The number of aryl methyl sites for hydroxylation is 1. The van der Waals surface area contributed by atoms with Crippen molar-refractivity contribution in [3.8, 4) is 11.5 Å². The Labute approximate surface area is 106 Å². The molecule has 0 aliphatic carbocycles. The van der Waals surface area contributed by atoms with E-state index in [0.29, 0.717) is 23.8 Å². The molecule has 2 aromatic rings. The zero-order valence-corrected chi connectivity index (χ0v) is 10.8. The second kappa shape index (κ2) is 5.27. The van der Waals surface area contributed by atoms with Crippen molar-refractivity contribution in [1.29, 1.82) is 0 Å². The van der Waals surface area contributed by atoms with Crippen LogP contribution in [-0.2, 0) is 0 Å². The van der Waals surface area contributed by atoms with E-state index in [-0.39, 0.29) is 5.92 Å². The SMILES string of the molecule is CCC(O)C(C)c1nc(-c2cc(C)ccn2)no1. The molecule has 0 bridgehead atoms. The van der Waals surface area contributed by atoms with Crippen LogP contribution in [0.4, 0.5) is 0 Å². The van der Waals surface area contributed by atoms with E-state index < -0.39 is 6.10 Å². The standard InChI is InChI=1S/C13H17N3O2/c1-4-11(17)9(3)13-15-12(16-18-13)10-7-8(2)5-6-14-10/h5-7,9,11,17H,4H2,1-3H3. The van der Waals surface area contributed by atoms with Crippen LogP contribution in [0.25, 0.3) is 11.5 Å². The van der Waals surface area contributed by atoms with Gasteiger partial charge in [0.1, 0.15) is 5.69 Å². The number of aromatic nitrogens is 3. The van der Waals surface area contributed by atoms with Gasteiger partial charge in [-0.1, -0.05) is 19.0 Å². The molecule has 0 saturated carbocycles. The third kappa shape index (κ3) is 2.56. The maximum atomic E-state index is 9.76. The van der Waals surface area contributed by atoms with Crippen LogP contribution >= 0.6 is 0 Å². The van der Waals surface area contributed by atoms with Crippen molar-refractivity contribution >= 4 is 0 Å². The predicted molar refractivity (Wildman–Crippen MR) is 67.0 cm³/mol. The first-order valence-corrected chi connectivity index (χ1v) is 6.06. The van der Waals surface area contributed by atoms with Gasteiger partial charge in [0.25, 0.3) is 0 Å². The van der Waals surface area contributed by atoms with Crippen molar-refractivity contribution in [3.63, 3.8) is 0 Å². The average Bonchev–Trinajstić information content (AvgIpc) is 2.86. The largest absolute Gasteiger partial charge is 0.392 e. The summed E-state index contributed by atoms with van der Waals surface area (Å²) in [4.78, 5) is 8.49. The molecule has 0 spiro atoms. The molecular formula is C13H17N3O2. The van der Waals surface area contributed by atoms with Crippen LogP contribution in [0, 0.1) is 6.92 Å². The minimum absolute atomic E-state index is 0.166. The first-order chi connectivity index (χ1) is 8.61. The summed E-state index contributed by atoms with van der Waals surface area (Å²) >= 11 is 0. The molecule has 2 unspecified atom stereocenters. The van der Waals surface area contributed by atoms with Gasteiger partial charge in [-0.25, -0.2) is 0 Å². The van der Waals surface area contributed by atoms with E-state index in [0.717, 1.165) is 5.56 Å². The van der Waals surface area contributed by atoms with E-state index in [2.05, 4.69) is 15.1 Å². The molecule has 0 aliphatic heterocycles. The molecule has 0 saturated heterocycles. The number of aliphatic hydroxyl groups is 1. The van der Waals surface area contributed by atoms with Gasteiger partial charge < -0.3 is 9.63 Å². The summed E-state index contributed by atoms with van der Waals surface area (Å²) in [6, 6.07) is 3.81. The molecule has 2 atom stereocenters. The number of pyridine rings is 1. The first-order valence-electron chi connectivity index (χ1n) is 6.06. The van der Waals surface area contributed by atoms with Gasteiger partial charge in [-0.15, -0.1) is 0 Å². The fourth-order valence-electron chi connectivity index (χ4n) is 1.70. The summed E-state index contributed by atoms with van der Waals surface area (Å²) < 4.78 is 5.18. The maximum Gasteiger partial charge on any atom is 0.232 e. The number of hydrogen-bond acceptors (Lipinski definition) is 5. The molecule has 0 radical (unpaired) electrons. The summed E-state index contributed by atoms with van der Waals surface area (Å²) in [5, 5.41) is 13.7. The molecule has 2 aromatic heterocycles. The highest BCUT2D eigenvalue weighted by Gasteiger charge is 2.21. The van der Waals surface area contributed by atoms with Gasteiger partial charge in [0.05, 0.1) is 12.0 Å². The highest BCUT2D eigenvalue weighted by molar-refractivity contribution is 5.48. The second-order valence-electron chi connectivity index (χ2n) is 4.44. The van der Waals surface area contributed by atoms with Gasteiger partial charge in [0.15, 0.2) is 0 Å². The molecule has 1 N–H and O–H groups in total. The van der Waals surface area contributed by atoms with Gasteiger partial charge >= 0.3 is 0 Å². The monoisotopic (exact) mass is 247 g/mol. The minimum Gasteiger partial charge on any atom is -0.392 e. The van der Waals surface area contributed by atoms with Crippen molar-refractivity contribution in [3.05, 3.63) is 29.8 Å². The number of nitrogens with zero attached hydrogens (tertiary/aromatic N) is 3. The quantitative estimate of drug-likeness (QED) is 0.897. The topological polar surface area (TPSA) is 72.0 Å². The summed E-state index contributed by atoms with van der Waals surface area (Å²) in [6.07, 6.45) is 1.90. The summed E-state index contributed by atoms with van der Waals surface area (Å²) in [5.41, 5.74) is 1.77. The molecule has 2 heterocycles. The van der Waals surface area contributed by atoms with Crippen molar-refractivity contribution in [2.24, 2.45) is 0 Å². The molecule has 18 heavy (non-hydrogen) atoms. The Morgan fingerprint density at radius 2 is 2.22 bits per heavy atom. The summed E-state index contributed by atoms with van der Waals surface area (Å²) in [7, 11) is 0. The van der Waals surface area contributed by atoms with Crippen molar-refractivity contribution in [2.75, 3.05) is 0 Å². The third-order valence-corrected chi connectivity index (χ3v) is 2.97. The lowest BCUT2D eigenvalue weighted by molar-refractivity contribution is 0.129. The smallest absolute Gasteiger partial charge is 0.232 e. The van der Waals surface area contributed by atoms with E-state index in [1.54, 1.807) is 6.20 Å². The Kier molecular flexibility index (Phi) is 3.72. The third-order valence-electron chi connectivity index (χ3n) is 2.97. The Morgan fingerprint density at radius 3 is 2.89 bits per heavy atom.